The summed E-state index contributed by atoms with van der Waals surface area (Å²) in [4.78, 5) is 14.4. The van der Waals surface area contributed by atoms with Crippen molar-refractivity contribution < 1.29 is 14.1 Å². The molecule has 3 rings (SSSR count). The largest absolute Gasteiger partial charge is 0.374 e. The van der Waals surface area contributed by atoms with Gasteiger partial charge in [-0.2, -0.15) is 0 Å². The molecular formula is C18H23N3O3. The number of amides is 2. The summed E-state index contributed by atoms with van der Waals surface area (Å²) in [5.74, 6) is 0.634. The van der Waals surface area contributed by atoms with Crippen LogP contribution in [-0.2, 0) is 17.6 Å². The highest BCUT2D eigenvalue weighted by Crippen LogP contribution is 2.21. The normalized spacial score (nSPS) is 17.8. The molecule has 1 atom stereocenters. The molecule has 2 aromatic rings. The number of anilines is 1. The molecule has 1 N–H and O–H groups in total. The Morgan fingerprint density at radius 3 is 2.92 bits per heavy atom. The van der Waals surface area contributed by atoms with Gasteiger partial charge < -0.3 is 19.5 Å². The number of carbonyl (C=O) groups is 1. The first-order valence-electron chi connectivity index (χ1n) is 8.34. The predicted molar refractivity (Wildman–Crippen MR) is 91.1 cm³/mol. The number of hydrogen-bond donors (Lipinski definition) is 1. The van der Waals surface area contributed by atoms with E-state index in [2.05, 4.69) is 22.6 Å². The maximum Gasteiger partial charge on any atom is 0.322 e. The fourth-order valence-electron chi connectivity index (χ4n) is 2.91. The molecule has 0 aliphatic carbocycles. The third-order valence-corrected chi connectivity index (χ3v) is 4.23. The average Bonchev–Trinajstić information content (AvgIpc) is 2.96. The summed E-state index contributed by atoms with van der Waals surface area (Å²) in [7, 11) is 0. The molecule has 24 heavy (non-hydrogen) atoms. The van der Waals surface area contributed by atoms with Crippen molar-refractivity contribution in [2.45, 2.75) is 32.8 Å². The predicted octanol–water partition coefficient (Wildman–Crippen LogP) is 3.02. The van der Waals surface area contributed by atoms with Gasteiger partial charge in [0.05, 0.1) is 12.7 Å². The zero-order valence-electron chi connectivity index (χ0n) is 14.1. The van der Waals surface area contributed by atoms with Crippen LogP contribution in [-0.4, -0.2) is 41.9 Å². The van der Waals surface area contributed by atoms with E-state index in [-0.39, 0.29) is 12.1 Å². The number of aryl methyl sites for hydroxylation is 2. The molecule has 1 aromatic carbocycles. The molecule has 0 saturated carbocycles. The molecule has 1 fully saturated rings. The molecule has 1 unspecified atom stereocenters. The number of carbonyl (C=O) groups excluding carboxylic acids is 1. The molecule has 1 aromatic heterocycles. The number of morpholine rings is 1. The Balaban J connectivity index is 1.61. The van der Waals surface area contributed by atoms with E-state index >= 15 is 0 Å². The molecule has 0 spiro atoms. The molecule has 2 heterocycles. The van der Waals surface area contributed by atoms with E-state index in [1.807, 2.05) is 25.1 Å². The van der Waals surface area contributed by atoms with Gasteiger partial charge in [-0.15, -0.1) is 0 Å². The van der Waals surface area contributed by atoms with Crippen molar-refractivity contribution in [2.75, 3.05) is 25.0 Å². The Kier molecular flexibility index (Phi) is 5.15. The fourth-order valence-corrected chi connectivity index (χ4v) is 2.91. The first-order chi connectivity index (χ1) is 11.7. The Labute approximate surface area is 141 Å². The summed E-state index contributed by atoms with van der Waals surface area (Å²) >= 11 is 0. The van der Waals surface area contributed by atoms with E-state index in [9.17, 15) is 4.79 Å². The van der Waals surface area contributed by atoms with Gasteiger partial charge in [-0.3, -0.25) is 0 Å². The van der Waals surface area contributed by atoms with Gasteiger partial charge in [0.2, 0.25) is 0 Å². The van der Waals surface area contributed by atoms with Gasteiger partial charge in [-0.1, -0.05) is 42.4 Å². The number of urea groups is 1. The summed E-state index contributed by atoms with van der Waals surface area (Å²) in [6, 6.07) is 10.1. The van der Waals surface area contributed by atoms with E-state index in [4.69, 9.17) is 9.26 Å². The summed E-state index contributed by atoms with van der Waals surface area (Å²) in [5, 5.41) is 6.91. The summed E-state index contributed by atoms with van der Waals surface area (Å²) in [6.45, 7) is 5.50. The van der Waals surface area contributed by atoms with Crippen LogP contribution < -0.4 is 5.32 Å². The summed E-state index contributed by atoms with van der Waals surface area (Å²) in [5.41, 5.74) is 2.68. The van der Waals surface area contributed by atoms with Gasteiger partial charge in [0.25, 0.3) is 0 Å². The number of rotatable bonds is 4. The van der Waals surface area contributed by atoms with Gasteiger partial charge >= 0.3 is 6.03 Å². The minimum Gasteiger partial charge on any atom is -0.374 e. The first-order valence-corrected chi connectivity index (χ1v) is 8.34. The Bertz CT molecular complexity index is 684. The number of aromatic nitrogens is 1. The van der Waals surface area contributed by atoms with Crippen molar-refractivity contribution in [1.82, 2.24) is 10.1 Å². The monoisotopic (exact) mass is 329 g/mol. The molecule has 0 radical (unpaired) electrons. The van der Waals surface area contributed by atoms with Crippen LogP contribution in [0.3, 0.4) is 0 Å². The van der Waals surface area contributed by atoms with E-state index < -0.39 is 0 Å². The van der Waals surface area contributed by atoms with Crippen molar-refractivity contribution in [2.24, 2.45) is 0 Å². The number of nitrogens with zero attached hydrogens (tertiary/aromatic N) is 2. The number of hydrogen-bond acceptors (Lipinski definition) is 4. The van der Waals surface area contributed by atoms with Crippen LogP contribution in [0.15, 0.2) is 34.9 Å². The van der Waals surface area contributed by atoms with Crippen molar-refractivity contribution in [3.63, 3.8) is 0 Å². The molecular weight excluding hydrogens is 306 g/mol. The maximum absolute atomic E-state index is 12.6. The highest BCUT2D eigenvalue weighted by Gasteiger charge is 2.26. The highest BCUT2D eigenvalue weighted by atomic mass is 16.5. The van der Waals surface area contributed by atoms with Crippen LogP contribution in [0.1, 0.15) is 23.9 Å². The minimum atomic E-state index is -0.127. The Hall–Kier alpha value is -2.34. The second-order valence-electron chi connectivity index (χ2n) is 5.97. The van der Waals surface area contributed by atoms with E-state index in [0.29, 0.717) is 37.6 Å². The lowest BCUT2D eigenvalue weighted by Gasteiger charge is -2.33. The summed E-state index contributed by atoms with van der Waals surface area (Å²) in [6.07, 6.45) is 1.53. The van der Waals surface area contributed by atoms with Crippen LogP contribution >= 0.6 is 0 Å². The zero-order chi connectivity index (χ0) is 16.9. The number of nitrogens with one attached hydrogen (secondary N) is 1. The van der Waals surface area contributed by atoms with E-state index in [1.54, 1.807) is 11.8 Å². The third-order valence-electron chi connectivity index (χ3n) is 4.23. The van der Waals surface area contributed by atoms with Crippen molar-refractivity contribution >= 4 is 11.7 Å². The van der Waals surface area contributed by atoms with Gasteiger partial charge in [0.1, 0.15) is 11.4 Å². The highest BCUT2D eigenvalue weighted by molar-refractivity contribution is 5.90. The van der Waals surface area contributed by atoms with Crippen molar-refractivity contribution in [3.05, 3.63) is 47.3 Å². The standard InChI is InChI=1S/C18H23N3O3/c1-3-16-17(13(2)24-20-16)19-18(22)21-9-10-23-15(12-21)11-14-7-5-4-6-8-14/h4-8,15H,3,9-12H2,1-2H3,(H,19,22). The quantitative estimate of drug-likeness (QED) is 0.936. The Morgan fingerprint density at radius 1 is 1.38 bits per heavy atom. The van der Waals surface area contributed by atoms with E-state index in [0.717, 1.165) is 12.1 Å². The molecule has 128 valence electrons. The lowest BCUT2D eigenvalue weighted by Crippen LogP contribution is -2.48. The van der Waals surface area contributed by atoms with Crippen LogP contribution in [0.25, 0.3) is 0 Å². The molecule has 1 aliphatic rings. The SMILES string of the molecule is CCc1noc(C)c1NC(=O)N1CCOC(Cc2ccccc2)C1. The molecule has 0 bridgehead atoms. The van der Waals surface area contributed by atoms with Crippen LogP contribution in [0.2, 0.25) is 0 Å². The summed E-state index contributed by atoms with van der Waals surface area (Å²) < 4.78 is 11.0. The molecule has 6 nitrogen and oxygen atoms in total. The lowest BCUT2D eigenvalue weighted by molar-refractivity contribution is -0.0113. The fraction of sp³-hybridized carbons (Fsp3) is 0.444. The zero-order valence-corrected chi connectivity index (χ0v) is 14.1. The van der Waals surface area contributed by atoms with Gasteiger partial charge in [-0.25, -0.2) is 4.79 Å². The minimum absolute atomic E-state index is 0.0149. The topological polar surface area (TPSA) is 67.6 Å². The lowest BCUT2D eigenvalue weighted by atomic mass is 10.1. The smallest absolute Gasteiger partial charge is 0.322 e. The van der Waals surface area contributed by atoms with Gasteiger partial charge in [-0.05, 0) is 18.9 Å². The maximum atomic E-state index is 12.6. The van der Waals surface area contributed by atoms with Crippen molar-refractivity contribution in [1.29, 1.82) is 0 Å². The molecule has 1 aliphatic heterocycles. The first kappa shape index (κ1) is 16.5. The Morgan fingerprint density at radius 2 is 2.17 bits per heavy atom. The number of ether oxygens (including phenoxy) is 1. The molecule has 1 saturated heterocycles. The van der Waals surface area contributed by atoms with Gasteiger partial charge in [0, 0.05) is 19.5 Å². The average molecular weight is 329 g/mol. The third kappa shape index (κ3) is 3.76. The molecule has 2 amide bonds. The molecule has 6 heteroatoms. The second kappa shape index (κ2) is 7.49. The second-order valence-corrected chi connectivity index (χ2v) is 5.97. The van der Waals surface area contributed by atoms with Gasteiger partial charge in [0.15, 0.2) is 5.76 Å². The van der Waals surface area contributed by atoms with Crippen LogP contribution in [0.5, 0.6) is 0 Å². The van der Waals surface area contributed by atoms with Crippen LogP contribution in [0, 0.1) is 6.92 Å². The number of benzene rings is 1. The van der Waals surface area contributed by atoms with Crippen LogP contribution in [0.4, 0.5) is 10.5 Å². The van der Waals surface area contributed by atoms with E-state index in [1.165, 1.54) is 5.56 Å². The van der Waals surface area contributed by atoms with Crippen molar-refractivity contribution in [3.8, 4) is 0 Å².